The summed E-state index contributed by atoms with van der Waals surface area (Å²) in [4.78, 5) is 0. The van der Waals surface area contributed by atoms with E-state index in [9.17, 15) is 0 Å². The van der Waals surface area contributed by atoms with E-state index in [0.29, 0.717) is 0 Å². The monoisotopic (exact) mass is 170 g/mol. The van der Waals surface area contributed by atoms with Crippen molar-refractivity contribution in [2.75, 3.05) is 6.61 Å². The first-order valence-corrected chi connectivity index (χ1v) is 7.48. The molecule has 0 amide bonds. The molecule has 0 fully saturated rings. The molecule has 0 saturated heterocycles. The highest BCUT2D eigenvalue weighted by molar-refractivity contribution is 6.80. The lowest BCUT2D eigenvalue weighted by Gasteiger charge is -2.07. The topological polar surface area (TPSA) is 20.2 Å². The third kappa shape index (κ3) is 7.55. The molecule has 0 heterocycles. The first kappa shape index (κ1) is 10.7. The minimum atomic E-state index is -1.04. The fourth-order valence-corrected chi connectivity index (χ4v) is 1.47. The fourth-order valence-electron chi connectivity index (χ4n) is 0.644. The molecule has 0 spiro atoms. The van der Waals surface area contributed by atoms with Crippen LogP contribution in [0.25, 0.3) is 0 Å². The standard InChI is InChI=1S/C9H18OSi/c1-9(8-10)6-5-7-11(2,3)4/h5,7,10H,1,6,8H2,2-4H3/b7-5+. The van der Waals surface area contributed by atoms with Crippen molar-refractivity contribution in [3.8, 4) is 0 Å². The van der Waals surface area contributed by atoms with Crippen LogP contribution in [0.5, 0.6) is 0 Å². The first-order chi connectivity index (χ1) is 4.95. The Bertz CT molecular complexity index is 153. The zero-order valence-corrected chi connectivity index (χ0v) is 8.72. The molecule has 0 aliphatic rings. The second kappa shape index (κ2) is 4.52. The third-order valence-corrected chi connectivity index (χ3v) is 2.48. The van der Waals surface area contributed by atoms with Crippen molar-refractivity contribution in [1.82, 2.24) is 0 Å². The summed E-state index contributed by atoms with van der Waals surface area (Å²) >= 11 is 0. The zero-order valence-electron chi connectivity index (χ0n) is 7.72. The van der Waals surface area contributed by atoms with Gasteiger partial charge in [-0.1, -0.05) is 38.0 Å². The Morgan fingerprint density at radius 1 is 1.45 bits per heavy atom. The number of rotatable bonds is 4. The van der Waals surface area contributed by atoms with Gasteiger partial charge in [-0.05, 0) is 12.0 Å². The van der Waals surface area contributed by atoms with Crippen LogP contribution in [0.1, 0.15) is 6.42 Å². The zero-order chi connectivity index (χ0) is 8.91. The highest BCUT2D eigenvalue weighted by Crippen LogP contribution is 2.05. The Labute approximate surface area is 70.5 Å². The van der Waals surface area contributed by atoms with E-state index in [1.165, 1.54) is 0 Å². The van der Waals surface area contributed by atoms with Crippen LogP contribution >= 0.6 is 0 Å². The molecule has 0 aromatic carbocycles. The van der Waals surface area contributed by atoms with Gasteiger partial charge in [-0.15, -0.1) is 0 Å². The number of hydrogen-bond acceptors (Lipinski definition) is 1. The Hall–Kier alpha value is -0.343. The van der Waals surface area contributed by atoms with E-state index < -0.39 is 8.07 Å². The molecule has 0 aromatic rings. The first-order valence-electron chi connectivity index (χ1n) is 3.91. The van der Waals surface area contributed by atoms with Crippen molar-refractivity contribution in [3.05, 3.63) is 23.9 Å². The van der Waals surface area contributed by atoms with Gasteiger partial charge in [0.05, 0.1) is 14.7 Å². The lowest BCUT2D eigenvalue weighted by Crippen LogP contribution is -2.15. The van der Waals surface area contributed by atoms with Gasteiger partial charge in [-0.2, -0.15) is 0 Å². The molecule has 64 valence electrons. The molecule has 0 atom stereocenters. The van der Waals surface area contributed by atoms with Crippen LogP contribution in [0.15, 0.2) is 23.9 Å². The van der Waals surface area contributed by atoms with E-state index in [2.05, 4.69) is 38.0 Å². The van der Waals surface area contributed by atoms with Crippen LogP contribution in [-0.2, 0) is 0 Å². The number of aliphatic hydroxyl groups is 1. The van der Waals surface area contributed by atoms with Crippen LogP contribution in [0.4, 0.5) is 0 Å². The maximum absolute atomic E-state index is 8.64. The quantitative estimate of drug-likeness (QED) is 0.507. The van der Waals surface area contributed by atoms with E-state index >= 15 is 0 Å². The maximum Gasteiger partial charge on any atom is 0.0683 e. The molecule has 0 aliphatic heterocycles. The summed E-state index contributed by atoms with van der Waals surface area (Å²) < 4.78 is 0. The second-order valence-electron chi connectivity index (χ2n) is 3.88. The summed E-state index contributed by atoms with van der Waals surface area (Å²) in [5, 5.41) is 8.64. The number of allylic oxidation sites excluding steroid dienone is 1. The fraction of sp³-hybridized carbons (Fsp3) is 0.556. The van der Waals surface area contributed by atoms with E-state index in [4.69, 9.17) is 5.11 Å². The van der Waals surface area contributed by atoms with Crippen LogP contribution < -0.4 is 0 Å². The molecule has 1 N–H and O–H groups in total. The summed E-state index contributed by atoms with van der Waals surface area (Å²) in [5.74, 6) is 0. The molecule has 0 rings (SSSR count). The van der Waals surface area contributed by atoms with E-state index in [-0.39, 0.29) is 6.61 Å². The van der Waals surface area contributed by atoms with Crippen molar-refractivity contribution < 1.29 is 5.11 Å². The molecule has 2 heteroatoms. The average Bonchev–Trinajstić information content (AvgIpc) is 1.85. The van der Waals surface area contributed by atoms with Gasteiger partial charge in [0.25, 0.3) is 0 Å². The summed E-state index contributed by atoms with van der Waals surface area (Å²) in [6, 6.07) is 0. The van der Waals surface area contributed by atoms with Gasteiger partial charge in [0, 0.05) is 0 Å². The molecule has 0 bridgehead atoms. The Morgan fingerprint density at radius 3 is 2.36 bits per heavy atom. The largest absolute Gasteiger partial charge is 0.392 e. The molecule has 0 radical (unpaired) electrons. The van der Waals surface area contributed by atoms with Crippen molar-refractivity contribution in [2.24, 2.45) is 0 Å². The summed E-state index contributed by atoms with van der Waals surface area (Å²) in [7, 11) is -1.04. The Kier molecular flexibility index (Phi) is 4.38. The summed E-state index contributed by atoms with van der Waals surface area (Å²) in [6.07, 6.45) is 2.94. The maximum atomic E-state index is 8.64. The van der Waals surface area contributed by atoms with Gasteiger partial charge >= 0.3 is 0 Å². The molecular formula is C9H18OSi. The summed E-state index contributed by atoms with van der Waals surface area (Å²) in [5.41, 5.74) is 3.16. The predicted octanol–water partition coefficient (Wildman–Crippen LogP) is 2.36. The van der Waals surface area contributed by atoms with E-state index in [1.54, 1.807) is 0 Å². The van der Waals surface area contributed by atoms with Crippen LogP contribution in [-0.4, -0.2) is 19.8 Å². The van der Waals surface area contributed by atoms with Crippen molar-refractivity contribution in [2.45, 2.75) is 26.1 Å². The lowest BCUT2D eigenvalue weighted by molar-refractivity contribution is 0.329. The van der Waals surface area contributed by atoms with Gasteiger partial charge in [0.2, 0.25) is 0 Å². The van der Waals surface area contributed by atoms with Crippen molar-refractivity contribution in [3.63, 3.8) is 0 Å². The van der Waals surface area contributed by atoms with Gasteiger partial charge in [-0.25, -0.2) is 0 Å². The molecule has 0 saturated carbocycles. The molecule has 0 aliphatic carbocycles. The van der Waals surface area contributed by atoms with Gasteiger partial charge in [-0.3, -0.25) is 0 Å². The van der Waals surface area contributed by atoms with Gasteiger partial charge < -0.3 is 5.11 Å². The van der Waals surface area contributed by atoms with Crippen LogP contribution in [0.3, 0.4) is 0 Å². The SMILES string of the molecule is C=C(CO)C/C=C/[Si](C)(C)C. The predicted molar refractivity (Wildman–Crippen MR) is 53.3 cm³/mol. The highest BCUT2D eigenvalue weighted by Gasteiger charge is 2.05. The van der Waals surface area contributed by atoms with Crippen molar-refractivity contribution >= 4 is 8.07 Å². The molecule has 0 aromatic heterocycles. The lowest BCUT2D eigenvalue weighted by atomic mass is 10.2. The Morgan fingerprint density at radius 2 is 2.00 bits per heavy atom. The van der Waals surface area contributed by atoms with Gasteiger partial charge in [0.1, 0.15) is 0 Å². The van der Waals surface area contributed by atoms with E-state index in [0.717, 1.165) is 12.0 Å². The van der Waals surface area contributed by atoms with Gasteiger partial charge in [0.15, 0.2) is 0 Å². The van der Waals surface area contributed by atoms with Crippen LogP contribution in [0.2, 0.25) is 19.6 Å². The molecule has 0 unspecified atom stereocenters. The number of hydrogen-bond donors (Lipinski definition) is 1. The Balaban J connectivity index is 3.70. The molecule has 1 nitrogen and oxygen atoms in total. The van der Waals surface area contributed by atoms with E-state index in [1.807, 2.05) is 0 Å². The van der Waals surface area contributed by atoms with Crippen LogP contribution in [0, 0.1) is 0 Å². The molecular weight excluding hydrogens is 152 g/mol. The number of aliphatic hydroxyl groups excluding tert-OH is 1. The summed E-state index contributed by atoms with van der Waals surface area (Å²) in [6.45, 7) is 10.7. The minimum absolute atomic E-state index is 0.107. The highest BCUT2D eigenvalue weighted by atomic mass is 28.3. The normalized spacial score (nSPS) is 12.4. The molecule has 11 heavy (non-hydrogen) atoms. The average molecular weight is 170 g/mol. The minimum Gasteiger partial charge on any atom is -0.392 e. The second-order valence-corrected chi connectivity index (χ2v) is 8.95. The third-order valence-electron chi connectivity index (χ3n) is 1.25. The smallest absolute Gasteiger partial charge is 0.0683 e. The van der Waals surface area contributed by atoms with Crippen molar-refractivity contribution in [1.29, 1.82) is 0 Å².